The Morgan fingerprint density at radius 1 is 1.05 bits per heavy atom. The molecule has 0 amide bonds. The van der Waals surface area contributed by atoms with Crippen molar-refractivity contribution in [3.05, 3.63) is 36.0 Å². The summed E-state index contributed by atoms with van der Waals surface area (Å²) in [5, 5.41) is 1.32. The van der Waals surface area contributed by atoms with Crippen molar-refractivity contribution in [1.82, 2.24) is 4.98 Å². The summed E-state index contributed by atoms with van der Waals surface area (Å²) in [5.74, 6) is 0. The normalized spacial score (nSPS) is 15.1. The zero-order valence-corrected chi connectivity index (χ0v) is 11.5. The average molecular weight is 299 g/mol. The number of nitrogens with zero attached hydrogens (tertiary/aromatic N) is 1. The number of hydrogen-bond donors (Lipinski definition) is 1. The van der Waals surface area contributed by atoms with Gasteiger partial charge in [-0.25, -0.2) is 23.2 Å². The van der Waals surface area contributed by atoms with Crippen LogP contribution in [-0.4, -0.2) is 28.9 Å². The van der Waals surface area contributed by atoms with Gasteiger partial charge in [0.15, 0.2) is 6.21 Å². The van der Waals surface area contributed by atoms with E-state index in [4.69, 9.17) is 18.6 Å². The minimum atomic E-state index is -4.94. The lowest BCUT2D eigenvalue weighted by atomic mass is 10.2. The summed E-state index contributed by atoms with van der Waals surface area (Å²) in [4.78, 5) is 3.30. The molecule has 3 rings (SSSR count). The first-order chi connectivity index (χ1) is 9.43. The molecule has 6 nitrogen and oxygen atoms in total. The molecule has 7 heteroatoms. The summed E-state index contributed by atoms with van der Waals surface area (Å²) in [6, 6.07) is 8.46. The lowest BCUT2D eigenvalue weighted by molar-refractivity contribution is -2.00. The largest absolute Gasteiger partial charge is 0.360 e. The van der Waals surface area contributed by atoms with Gasteiger partial charge in [0.05, 0.1) is 5.56 Å². The molecule has 1 aliphatic rings. The van der Waals surface area contributed by atoms with Gasteiger partial charge in [-0.05, 0) is 6.07 Å². The number of H-pyrrole nitrogens is 1. The monoisotopic (exact) mass is 298 g/mol. The van der Waals surface area contributed by atoms with Gasteiger partial charge in [0.25, 0.3) is 0 Å². The summed E-state index contributed by atoms with van der Waals surface area (Å²) < 4.78 is 36.4. The topological polar surface area (TPSA) is 111 Å². The van der Waals surface area contributed by atoms with Crippen LogP contribution in [-0.2, 0) is 0 Å². The van der Waals surface area contributed by atoms with E-state index < -0.39 is 10.2 Å². The van der Waals surface area contributed by atoms with Gasteiger partial charge in [0, 0.05) is 29.9 Å². The molecule has 0 unspecified atom stereocenters. The van der Waals surface area contributed by atoms with E-state index in [0.717, 1.165) is 0 Å². The molecule has 2 heterocycles. The van der Waals surface area contributed by atoms with Gasteiger partial charge in [-0.3, -0.25) is 0 Å². The standard InChI is InChI=1S/C13H14N2.ClHO4/c1-2-6-13-12(5-1)11(9-14-13)10-15-7-3-4-8-15;2-1(3,4)5/h1-2,5-6,9-10H,3-4,7-8H2;(H,2,3,4,5). The summed E-state index contributed by atoms with van der Waals surface area (Å²) in [7, 11) is -4.94. The fourth-order valence-corrected chi connectivity index (χ4v) is 2.27. The first-order valence-corrected chi connectivity index (χ1v) is 7.44. The molecule has 0 radical (unpaired) electrons. The van der Waals surface area contributed by atoms with Gasteiger partial charge in [0.1, 0.15) is 13.1 Å². The van der Waals surface area contributed by atoms with Crippen LogP contribution < -0.4 is 18.6 Å². The molecule has 1 aromatic carbocycles. The van der Waals surface area contributed by atoms with Crippen LogP contribution in [0.25, 0.3) is 10.9 Å². The van der Waals surface area contributed by atoms with E-state index in [-0.39, 0.29) is 0 Å². The minimum absolute atomic E-state index is 1.21. The Kier molecular flexibility index (Phi) is 4.74. The molecular weight excluding hydrogens is 284 g/mol. The van der Waals surface area contributed by atoms with E-state index in [0.29, 0.717) is 0 Å². The molecule has 0 saturated carbocycles. The van der Waals surface area contributed by atoms with E-state index >= 15 is 0 Å². The van der Waals surface area contributed by atoms with Crippen LogP contribution >= 0.6 is 0 Å². The van der Waals surface area contributed by atoms with Gasteiger partial charge in [0.2, 0.25) is 0 Å². The molecule has 108 valence electrons. The van der Waals surface area contributed by atoms with Crippen molar-refractivity contribution >= 4 is 17.1 Å². The van der Waals surface area contributed by atoms with Gasteiger partial charge >= 0.3 is 0 Å². The highest BCUT2D eigenvalue weighted by Crippen LogP contribution is 2.16. The third-order valence-corrected chi connectivity index (χ3v) is 3.08. The van der Waals surface area contributed by atoms with Crippen molar-refractivity contribution in [3.8, 4) is 0 Å². The molecule has 20 heavy (non-hydrogen) atoms. The summed E-state index contributed by atoms with van der Waals surface area (Å²) in [6.45, 7) is 2.42. The first-order valence-electron chi connectivity index (χ1n) is 6.20. The summed E-state index contributed by atoms with van der Waals surface area (Å²) in [6.07, 6.45) is 7.05. The molecule has 0 aliphatic carbocycles. The number of rotatable bonds is 1. The van der Waals surface area contributed by atoms with E-state index in [1.807, 2.05) is 0 Å². The Morgan fingerprint density at radius 3 is 2.30 bits per heavy atom. The van der Waals surface area contributed by atoms with Crippen molar-refractivity contribution in [3.63, 3.8) is 0 Å². The lowest BCUT2D eigenvalue weighted by Crippen LogP contribution is -2.68. The molecule has 2 aromatic rings. The third kappa shape index (κ3) is 4.59. The Morgan fingerprint density at radius 2 is 1.65 bits per heavy atom. The number of nitrogens with one attached hydrogen (secondary N) is 1. The van der Waals surface area contributed by atoms with E-state index in [9.17, 15) is 0 Å². The van der Waals surface area contributed by atoms with Gasteiger partial charge in [-0.2, -0.15) is 0 Å². The number of benzene rings is 1. The number of aromatic nitrogens is 1. The lowest BCUT2D eigenvalue weighted by Gasteiger charge is -2.17. The second-order valence-electron chi connectivity index (χ2n) is 4.54. The molecule has 1 fully saturated rings. The highest BCUT2D eigenvalue weighted by molar-refractivity contribution is 5.97. The van der Waals surface area contributed by atoms with Crippen LogP contribution in [0, 0.1) is 10.2 Å². The van der Waals surface area contributed by atoms with Crippen molar-refractivity contribution in [2.45, 2.75) is 12.8 Å². The fourth-order valence-electron chi connectivity index (χ4n) is 2.27. The quantitative estimate of drug-likeness (QED) is 0.593. The van der Waals surface area contributed by atoms with E-state index in [1.54, 1.807) is 0 Å². The highest BCUT2D eigenvalue weighted by Gasteiger charge is 2.13. The predicted molar refractivity (Wildman–Crippen MR) is 62.7 cm³/mol. The number of halogens is 1. The number of hydrogen-bond acceptors (Lipinski definition) is 4. The Balaban J connectivity index is 0.000000257. The predicted octanol–water partition coefficient (Wildman–Crippen LogP) is -2.36. The Bertz CT molecular complexity index is 590. The fraction of sp³-hybridized carbons (Fsp3) is 0.308. The van der Waals surface area contributed by atoms with Crippen molar-refractivity contribution in [2.75, 3.05) is 13.1 Å². The third-order valence-electron chi connectivity index (χ3n) is 3.08. The van der Waals surface area contributed by atoms with Gasteiger partial charge in [-0.1, -0.05) is 18.2 Å². The number of aromatic amines is 1. The van der Waals surface area contributed by atoms with Crippen LogP contribution in [0.15, 0.2) is 30.5 Å². The van der Waals surface area contributed by atoms with Crippen LogP contribution in [0.5, 0.6) is 0 Å². The maximum atomic E-state index is 8.49. The Labute approximate surface area is 118 Å². The average Bonchev–Trinajstić information content (AvgIpc) is 2.98. The molecule has 1 N–H and O–H groups in total. The molecular formula is C13H15ClN2O4. The van der Waals surface area contributed by atoms with Crippen molar-refractivity contribution < 1.29 is 33.5 Å². The highest BCUT2D eigenvalue weighted by atomic mass is 35.7. The molecule has 0 spiro atoms. The minimum Gasteiger partial charge on any atom is -0.360 e. The van der Waals surface area contributed by atoms with Gasteiger partial charge in [-0.15, -0.1) is 10.2 Å². The molecule has 1 aromatic heterocycles. The van der Waals surface area contributed by atoms with Crippen LogP contribution in [0.4, 0.5) is 0 Å². The molecule has 1 saturated heterocycles. The first kappa shape index (κ1) is 15.0. The molecule has 0 atom stereocenters. The molecule has 0 bridgehead atoms. The second kappa shape index (κ2) is 6.34. The maximum Gasteiger partial charge on any atom is 0.172 e. The van der Waals surface area contributed by atoms with E-state index in [2.05, 4.69) is 46.2 Å². The zero-order chi connectivity index (χ0) is 14.6. The van der Waals surface area contributed by atoms with E-state index in [1.165, 1.54) is 42.4 Å². The number of fused-ring (bicyclic) bond motifs is 1. The van der Waals surface area contributed by atoms with Crippen LogP contribution in [0.2, 0.25) is 0 Å². The van der Waals surface area contributed by atoms with Crippen molar-refractivity contribution in [2.24, 2.45) is 0 Å². The zero-order valence-electron chi connectivity index (χ0n) is 10.8. The smallest absolute Gasteiger partial charge is 0.172 e. The van der Waals surface area contributed by atoms with Crippen LogP contribution in [0.3, 0.4) is 0 Å². The summed E-state index contributed by atoms with van der Waals surface area (Å²) in [5.41, 5.74) is 2.54. The van der Waals surface area contributed by atoms with Crippen molar-refractivity contribution in [1.29, 1.82) is 0 Å². The maximum absolute atomic E-state index is 8.49. The molecule has 1 aliphatic heterocycles. The SMILES string of the molecule is C(c1c[nH]c2ccccc12)=[N+]1CCCC1.[O-][Cl+3]([O-])([O-])[O-]. The van der Waals surface area contributed by atoms with Crippen LogP contribution in [0.1, 0.15) is 18.4 Å². The Hall–Kier alpha value is -1.44. The second-order valence-corrected chi connectivity index (χ2v) is 5.30. The van der Waals surface area contributed by atoms with Gasteiger partial charge < -0.3 is 4.98 Å². The number of para-hydroxylation sites is 1. The summed E-state index contributed by atoms with van der Waals surface area (Å²) >= 11 is 0.